The first kappa shape index (κ1) is 23.7. The fraction of sp³-hybridized carbons (Fsp3) is 0.333. The van der Waals surface area contributed by atoms with Crippen LogP contribution in [0, 0.1) is 5.82 Å². The van der Waals surface area contributed by atoms with Crippen molar-refractivity contribution in [1.29, 1.82) is 0 Å². The van der Waals surface area contributed by atoms with E-state index in [4.69, 9.17) is 4.74 Å². The first-order chi connectivity index (χ1) is 15.9. The molecule has 2 heterocycles. The Morgan fingerprint density at radius 2 is 1.67 bits per heavy atom. The lowest BCUT2D eigenvalue weighted by Crippen LogP contribution is -2.52. The number of piperazine rings is 1. The highest BCUT2D eigenvalue weighted by molar-refractivity contribution is 7.89. The molecular formula is C24H28FN3O3S2. The Morgan fingerprint density at radius 1 is 1.00 bits per heavy atom. The zero-order chi connectivity index (χ0) is 23.4. The monoisotopic (exact) mass is 489 g/mol. The van der Waals surface area contributed by atoms with Gasteiger partial charge in [0.2, 0.25) is 10.0 Å². The molecule has 0 saturated carbocycles. The van der Waals surface area contributed by atoms with Gasteiger partial charge in [0.25, 0.3) is 0 Å². The molecule has 1 saturated heterocycles. The standard InChI is InChI=1S/C24H28FN3O3S2/c1-18(26-33(29,30)22-11-5-19(25)6-12-22)24(23-4-3-17-32-23)28-15-13-27(14-16-28)20-7-9-21(31-2)10-8-20/h3-12,17-18,24,26H,13-16H2,1-2H3. The summed E-state index contributed by atoms with van der Waals surface area (Å²) in [6, 6.07) is 16.5. The lowest BCUT2D eigenvalue weighted by atomic mass is 10.1. The van der Waals surface area contributed by atoms with Crippen LogP contribution in [0.25, 0.3) is 0 Å². The summed E-state index contributed by atoms with van der Waals surface area (Å²) in [6.07, 6.45) is 0. The fourth-order valence-electron chi connectivity index (χ4n) is 4.24. The van der Waals surface area contributed by atoms with Crippen LogP contribution in [-0.2, 0) is 10.0 Å². The number of methoxy groups -OCH3 is 1. The van der Waals surface area contributed by atoms with E-state index in [-0.39, 0.29) is 17.0 Å². The second-order valence-corrected chi connectivity index (χ2v) is 10.7. The van der Waals surface area contributed by atoms with Crippen LogP contribution in [0.3, 0.4) is 0 Å². The van der Waals surface area contributed by atoms with Crippen LogP contribution >= 0.6 is 11.3 Å². The minimum atomic E-state index is -3.77. The zero-order valence-electron chi connectivity index (χ0n) is 18.6. The molecule has 6 nitrogen and oxygen atoms in total. The molecule has 4 rings (SSSR count). The minimum absolute atomic E-state index is 0.0602. The highest BCUT2D eigenvalue weighted by Crippen LogP contribution is 2.31. The van der Waals surface area contributed by atoms with Crippen molar-refractivity contribution in [2.45, 2.75) is 23.9 Å². The Morgan fingerprint density at radius 3 is 2.24 bits per heavy atom. The van der Waals surface area contributed by atoms with E-state index in [0.717, 1.165) is 54.6 Å². The number of rotatable bonds is 8. The van der Waals surface area contributed by atoms with Crippen molar-refractivity contribution in [3.8, 4) is 5.75 Å². The molecule has 0 radical (unpaired) electrons. The Bertz CT molecular complexity index is 1130. The number of ether oxygens (including phenoxy) is 1. The number of nitrogens with zero attached hydrogens (tertiary/aromatic N) is 2. The quantitative estimate of drug-likeness (QED) is 0.516. The summed E-state index contributed by atoms with van der Waals surface area (Å²) < 4.78 is 47.2. The van der Waals surface area contributed by atoms with Gasteiger partial charge in [-0.2, -0.15) is 0 Å². The van der Waals surface area contributed by atoms with Crippen molar-refractivity contribution >= 4 is 27.0 Å². The molecule has 2 atom stereocenters. The van der Waals surface area contributed by atoms with Crippen LogP contribution in [0.15, 0.2) is 70.9 Å². The van der Waals surface area contributed by atoms with Crippen LogP contribution in [0.4, 0.5) is 10.1 Å². The number of benzene rings is 2. The van der Waals surface area contributed by atoms with Gasteiger partial charge in [-0.05, 0) is 66.9 Å². The lowest BCUT2D eigenvalue weighted by Gasteiger charge is -2.42. The van der Waals surface area contributed by atoms with Crippen molar-refractivity contribution in [2.75, 3.05) is 38.2 Å². The summed E-state index contributed by atoms with van der Waals surface area (Å²) in [5.74, 6) is 0.366. The third-order valence-corrected chi connectivity index (χ3v) is 8.44. The molecule has 1 aliphatic rings. The smallest absolute Gasteiger partial charge is 0.240 e. The fourth-order valence-corrected chi connectivity index (χ4v) is 6.46. The summed E-state index contributed by atoms with van der Waals surface area (Å²) in [4.78, 5) is 5.84. The number of anilines is 1. The van der Waals surface area contributed by atoms with Crippen molar-refractivity contribution in [1.82, 2.24) is 9.62 Å². The molecule has 0 amide bonds. The summed E-state index contributed by atoms with van der Waals surface area (Å²) in [7, 11) is -2.12. The average Bonchev–Trinajstić information content (AvgIpc) is 3.34. The summed E-state index contributed by atoms with van der Waals surface area (Å²) >= 11 is 1.62. The molecule has 1 fully saturated rings. The number of hydrogen-bond donors (Lipinski definition) is 1. The molecule has 0 aliphatic carbocycles. The number of sulfonamides is 1. The molecule has 1 N–H and O–H groups in total. The third kappa shape index (κ3) is 5.55. The van der Waals surface area contributed by atoms with E-state index in [2.05, 4.69) is 26.7 Å². The van der Waals surface area contributed by atoms with E-state index in [1.165, 1.54) is 12.1 Å². The number of hydrogen-bond acceptors (Lipinski definition) is 6. The zero-order valence-corrected chi connectivity index (χ0v) is 20.3. The SMILES string of the molecule is COc1ccc(N2CCN(C(c3cccs3)C(C)NS(=O)(=O)c3ccc(F)cc3)CC2)cc1. The van der Waals surface area contributed by atoms with Gasteiger partial charge in [0, 0.05) is 42.8 Å². The van der Waals surface area contributed by atoms with Gasteiger partial charge < -0.3 is 9.64 Å². The Kier molecular flexibility index (Phi) is 7.33. The van der Waals surface area contributed by atoms with Crippen LogP contribution in [-0.4, -0.2) is 52.6 Å². The average molecular weight is 490 g/mol. The first-order valence-electron chi connectivity index (χ1n) is 10.8. The second kappa shape index (κ2) is 10.2. The van der Waals surface area contributed by atoms with Gasteiger partial charge in [0.1, 0.15) is 11.6 Å². The maximum Gasteiger partial charge on any atom is 0.240 e. The number of halogens is 1. The van der Waals surface area contributed by atoms with E-state index in [1.807, 2.05) is 36.6 Å². The molecule has 9 heteroatoms. The van der Waals surface area contributed by atoms with E-state index >= 15 is 0 Å². The highest BCUT2D eigenvalue weighted by atomic mass is 32.2. The molecule has 1 aromatic heterocycles. The van der Waals surface area contributed by atoms with Crippen LogP contribution < -0.4 is 14.4 Å². The van der Waals surface area contributed by atoms with Gasteiger partial charge in [-0.25, -0.2) is 17.5 Å². The Labute approximate surface area is 198 Å². The van der Waals surface area contributed by atoms with Gasteiger partial charge in [0.15, 0.2) is 0 Å². The van der Waals surface area contributed by atoms with Crippen LogP contribution in [0.1, 0.15) is 17.8 Å². The number of nitrogens with one attached hydrogen (secondary N) is 1. The molecule has 1 aliphatic heterocycles. The van der Waals surface area contributed by atoms with E-state index in [1.54, 1.807) is 18.4 Å². The van der Waals surface area contributed by atoms with E-state index in [0.29, 0.717) is 0 Å². The molecule has 0 bridgehead atoms. The Hall–Kier alpha value is -2.46. The van der Waals surface area contributed by atoms with E-state index < -0.39 is 15.8 Å². The maximum atomic E-state index is 13.3. The Balaban J connectivity index is 1.48. The molecule has 2 aromatic carbocycles. The highest BCUT2D eigenvalue weighted by Gasteiger charge is 2.32. The molecule has 3 aromatic rings. The maximum absolute atomic E-state index is 13.3. The number of thiophene rings is 1. The van der Waals surface area contributed by atoms with Crippen molar-refractivity contribution in [3.63, 3.8) is 0 Å². The van der Waals surface area contributed by atoms with Crippen molar-refractivity contribution < 1.29 is 17.5 Å². The van der Waals surface area contributed by atoms with Gasteiger partial charge in [0.05, 0.1) is 18.0 Å². The van der Waals surface area contributed by atoms with Crippen LogP contribution in [0.5, 0.6) is 5.75 Å². The first-order valence-corrected chi connectivity index (χ1v) is 13.2. The topological polar surface area (TPSA) is 61.9 Å². The normalized spacial score (nSPS) is 17.0. The van der Waals surface area contributed by atoms with Crippen molar-refractivity contribution in [3.05, 3.63) is 76.7 Å². The molecule has 33 heavy (non-hydrogen) atoms. The van der Waals surface area contributed by atoms with Gasteiger partial charge in [-0.1, -0.05) is 6.07 Å². The minimum Gasteiger partial charge on any atom is -0.497 e. The third-order valence-electron chi connectivity index (χ3n) is 5.92. The predicted molar refractivity (Wildman–Crippen MR) is 130 cm³/mol. The molecular weight excluding hydrogens is 461 g/mol. The summed E-state index contributed by atoms with van der Waals surface area (Å²) in [6.45, 7) is 5.17. The van der Waals surface area contributed by atoms with E-state index in [9.17, 15) is 12.8 Å². The van der Waals surface area contributed by atoms with Gasteiger partial charge >= 0.3 is 0 Å². The summed E-state index contributed by atoms with van der Waals surface area (Å²) in [5.41, 5.74) is 1.15. The van der Waals surface area contributed by atoms with Crippen LogP contribution in [0.2, 0.25) is 0 Å². The molecule has 2 unspecified atom stereocenters. The largest absolute Gasteiger partial charge is 0.497 e. The predicted octanol–water partition coefficient (Wildman–Crippen LogP) is 4.13. The molecule has 176 valence electrons. The van der Waals surface area contributed by atoms with Crippen molar-refractivity contribution in [2.24, 2.45) is 0 Å². The summed E-state index contributed by atoms with van der Waals surface area (Å²) in [5, 5.41) is 2.01. The van der Waals surface area contributed by atoms with Gasteiger partial charge in [-0.3, -0.25) is 4.90 Å². The second-order valence-electron chi connectivity index (χ2n) is 8.05. The molecule has 0 spiro atoms. The lowest BCUT2D eigenvalue weighted by molar-refractivity contribution is 0.164. The van der Waals surface area contributed by atoms with Gasteiger partial charge in [-0.15, -0.1) is 11.3 Å².